The molecule has 4 aliphatic rings. The molecule has 264 valence electrons. The highest BCUT2D eigenvalue weighted by molar-refractivity contribution is 5.94. The standard InChI is InChI=1S/C39H56N2O7/c1-23(41(8)9)34-33(48-26(4)44)21-39(7)31-16-15-30-29(19-28(31)17-18-38(34,39)6)20-32(47-25(3)43)35(37(30,5)22-46-24(2)42)40-36(45)27-13-11-10-12-14-27/h10-14,20,23,28,30-35H,15-19,21-22H2,1-9H3,(H,40,45)/t23-,28?,30+,31+,32+,33+,34-,35-,37-,38+,39-/m0/s1. The highest BCUT2D eigenvalue weighted by atomic mass is 16.6. The number of hydrogen-bond donors (Lipinski definition) is 1. The molecule has 3 fully saturated rings. The summed E-state index contributed by atoms with van der Waals surface area (Å²) in [6.07, 6.45) is 6.78. The molecule has 1 aromatic carbocycles. The minimum atomic E-state index is -0.740. The second-order valence-electron chi connectivity index (χ2n) is 16.1. The Hall–Kier alpha value is -3.20. The van der Waals surface area contributed by atoms with Crippen LogP contribution in [-0.2, 0) is 28.6 Å². The van der Waals surface area contributed by atoms with E-state index in [1.165, 1.54) is 26.3 Å². The van der Waals surface area contributed by atoms with Gasteiger partial charge in [-0.3, -0.25) is 19.2 Å². The van der Waals surface area contributed by atoms with Crippen molar-refractivity contribution >= 4 is 23.8 Å². The van der Waals surface area contributed by atoms with Crippen molar-refractivity contribution in [3.05, 3.63) is 47.5 Å². The highest BCUT2D eigenvalue weighted by Gasteiger charge is 2.67. The Morgan fingerprint density at radius 1 is 0.917 bits per heavy atom. The Labute approximate surface area is 286 Å². The number of esters is 3. The lowest BCUT2D eigenvalue weighted by molar-refractivity contribution is -0.154. The first kappa shape index (κ1) is 36.1. The van der Waals surface area contributed by atoms with Gasteiger partial charge in [-0.2, -0.15) is 0 Å². The third kappa shape index (κ3) is 6.44. The quantitative estimate of drug-likeness (QED) is 0.206. The van der Waals surface area contributed by atoms with E-state index in [0.717, 1.165) is 38.5 Å². The number of amides is 1. The number of carbonyl (C=O) groups excluding carboxylic acids is 4. The monoisotopic (exact) mass is 664 g/mol. The molecule has 5 rings (SSSR count). The molecule has 1 N–H and O–H groups in total. The maximum atomic E-state index is 13.6. The zero-order valence-electron chi connectivity index (χ0n) is 30.3. The maximum Gasteiger partial charge on any atom is 0.303 e. The number of benzene rings is 1. The van der Waals surface area contributed by atoms with Gasteiger partial charge in [-0.25, -0.2) is 0 Å². The summed E-state index contributed by atoms with van der Waals surface area (Å²) in [7, 11) is 4.22. The van der Waals surface area contributed by atoms with E-state index in [0.29, 0.717) is 17.4 Å². The fraction of sp³-hybridized carbons (Fsp3) is 0.692. The Bertz CT molecular complexity index is 1430. The first-order valence-corrected chi connectivity index (χ1v) is 17.7. The van der Waals surface area contributed by atoms with Crippen LogP contribution in [0.15, 0.2) is 42.0 Å². The molecule has 0 bridgehead atoms. The fourth-order valence-corrected chi connectivity index (χ4v) is 10.7. The lowest BCUT2D eigenvalue weighted by Crippen LogP contribution is -2.61. The Balaban J connectivity index is 1.54. The van der Waals surface area contributed by atoms with Crippen molar-refractivity contribution in [2.75, 3.05) is 20.7 Å². The lowest BCUT2D eigenvalue weighted by Gasteiger charge is -2.56. The van der Waals surface area contributed by atoms with E-state index in [4.69, 9.17) is 14.2 Å². The average molecular weight is 665 g/mol. The molecule has 1 amide bonds. The zero-order chi connectivity index (χ0) is 35.2. The Kier molecular flexibility index (Phi) is 10.2. The predicted molar refractivity (Wildman–Crippen MR) is 183 cm³/mol. The van der Waals surface area contributed by atoms with Crippen molar-refractivity contribution in [3.8, 4) is 0 Å². The summed E-state index contributed by atoms with van der Waals surface area (Å²) in [6.45, 7) is 13.6. The number of nitrogens with zero attached hydrogens (tertiary/aromatic N) is 1. The van der Waals surface area contributed by atoms with Gasteiger partial charge in [0.2, 0.25) is 0 Å². The number of rotatable bonds is 8. The maximum absolute atomic E-state index is 13.6. The third-order valence-corrected chi connectivity index (χ3v) is 13.3. The van der Waals surface area contributed by atoms with E-state index < -0.39 is 29.5 Å². The average Bonchev–Trinajstić information content (AvgIpc) is 3.11. The first-order valence-electron chi connectivity index (χ1n) is 17.7. The largest absolute Gasteiger partial charge is 0.465 e. The van der Waals surface area contributed by atoms with Crippen LogP contribution in [0.25, 0.3) is 0 Å². The third-order valence-electron chi connectivity index (χ3n) is 13.3. The molecule has 9 heteroatoms. The van der Waals surface area contributed by atoms with Gasteiger partial charge in [-0.05, 0) is 106 Å². The molecular formula is C39H56N2O7. The molecule has 0 saturated heterocycles. The molecule has 1 aromatic rings. The van der Waals surface area contributed by atoms with Crippen LogP contribution in [0.2, 0.25) is 0 Å². The molecule has 0 heterocycles. The van der Waals surface area contributed by atoms with Gasteiger partial charge in [0, 0.05) is 43.7 Å². The van der Waals surface area contributed by atoms with Crippen molar-refractivity contribution in [1.29, 1.82) is 0 Å². The molecule has 9 nitrogen and oxygen atoms in total. The van der Waals surface area contributed by atoms with E-state index >= 15 is 0 Å². The van der Waals surface area contributed by atoms with E-state index in [1.807, 2.05) is 18.2 Å². The molecule has 48 heavy (non-hydrogen) atoms. The van der Waals surface area contributed by atoms with Crippen molar-refractivity contribution < 1.29 is 33.4 Å². The highest BCUT2D eigenvalue weighted by Crippen LogP contribution is 2.70. The SMILES string of the molecule is CC(=O)OC[C@@]1(C)[C@@H]2CC[C@@H]3C(CC[C@]4(C)[C@@H]([C@H](C)N(C)C)[C@H](OC(C)=O)C[C@@]34C)CC2=C[C@@H](OC(C)=O)[C@@H]1NC(=O)c1ccccc1. The van der Waals surface area contributed by atoms with Crippen LogP contribution in [0, 0.1) is 39.9 Å². The van der Waals surface area contributed by atoms with E-state index in [-0.39, 0.29) is 53.3 Å². The van der Waals surface area contributed by atoms with Crippen molar-refractivity contribution in [3.63, 3.8) is 0 Å². The number of nitrogens with one attached hydrogen (secondary N) is 1. The van der Waals surface area contributed by atoms with E-state index in [9.17, 15) is 19.2 Å². The predicted octanol–water partition coefficient (Wildman–Crippen LogP) is 5.97. The van der Waals surface area contributed by atoms with Gasteiger partial charge in [0.15, 0.2) is 0 Å². The van der Waals surface area contributed by atoms with Crippen molar-refractivity contribution in [2.24, 2.45) is 39.9 Å². The van der Waals surface area contributed by atoms with Crippen LogP contribution in [0.3, 0.4) is 0 Å². The van der Waals surface area contributed by atoms with Crippen LogP contribution in [0.5, 0.6) is 0 Å². The number of carbonyl (C=O) groups is 4. The summed E-state index contributed by atoms with van der Waals surface area (Å²) in [5.41, 5.74) is 0.883. The summed E-state index contributed by atoms with van der Waals surface area (Å²) >= 11 is 0. The van der Waals surface area contributed by atoms with Gasteiger partial charge >= 0.3 is 17.9 Å². The lowest BCUT2D eigenvalue weighted by atomic mass is 9.48. The van der Waals surface area contributed by atoms with Crippen LogP contribution >= 0.6 is 0 Å². The van der Waals surface area contributed by atoms with Gasteiger partial charge in [0.25, 0.3) is 5.91 Å². The summed E-state index contributed by atoms with van der Waals surface area (Å²) in [4.78, 5) is 53.1. The molecule has 0 spiro atoms. The number of hydrogen-bond acceptors (Lipinski definition) is 8. The van der Waals surface area contributed by atoms with Gasteiger partial charge in [0.1, 0.15) is 12.2 Å². The summed E-state index contributed by atoms with van der Waals surface area (Å²) in [5.74, 6) is -0.340. The minimum absolute atomic E-state index is 0.00708. The number of ether oxygens (including phenoxy) is 3. The molecule has 0 radical (unpaired) electrons. The zero-order valence-corrected chi connectivity index (χ0v) is 30.3. The van der Waals surface area contributed by atoms with Crippen LogP contribution < -0.4 is 5.32 Å². The second-order valence-corrected chi connectivity index (χ2v) is 16.1. The molecule has 1 unspecified atom stereocenters. The molecule has 0 aliphatic heterocycles. The van der Waals surface area contributed by atoms with Gasteiger partial charge in [0.05, 0.1) is 12.6 Å². The summed E-state index contributed by atoms with van der Waals surface area (Å²) in [5, 5.41) is 3.22. The smallest absolute Gasteiger partial charge is 0.303 e. The second kappa shape index (κ2) is 13.6. The summed E-state index contributed by atoms with van der Waals surface area (Å²) in [6, 6.07) is 8.62. The van der Waals surface area contributed by atoms with Gasteiger partial charge < -0.3 is 24.4 Å². The number of allylic oxidation sites excluding steroid dienone is 1. The molecule has 11 atom stereocenters. The molecule has 0 aromatic heterocycles. The fourth-order valence-electron chi connectivity index (χ4n) is 10.7. The minimum Gasteiger partial charge on any atom is -0.465 e. The number of fused-ring (bicyclic) bond motifs is 4. The van der Waals surface area contributed by atoms with E-state index in [1.54, 1.807) is 12.1 Å². The topological polar surface area (TPSA) is 111 Å². The van der Waals surface area contributed by atoms with Crippen LogP contribution in [-0.4, -0.2) is 73.7 Å². The van der Waals surface area contributed by atoms with E-state index in [2.05, 4.69) is 58.1 Å². The normalized spacial score (nSPS) is 37.9. The molecule has 4 aliphatic carbocycles. The van der Waals surface area contributed by atoms with Crippen molar-refractivity contribution in [1.82, 2.24) is 10.2 Å². The first-order chi connectivity index (χ1) is 22.5. The van der Waals surface area contributed by atoms with Crippen LogP contribution in [0.4, 0.5) is 0 Å². The van der Waals surface area contributed by atoms with Gasteiger partial charge in [-0.15, -0.1) is 0 Å². The molecule has 3 saturated carbocycles. The Morgan fingerprint density at radius 2 is 1.58 bits per heavy atom. The summed E-state index contributed by atoms with van der Waals surface area (Å²) < 4.78 is 17.9. The Morgan fingerprint density at radius 3 is 2.19 bits per heavy atom. The van der Waals surface area contributed by atoms with Crippen LogP contribution in [0.1, 0.15) is 97.3 Å². The van der Waals surface area contributed by atoms with Crippen molar-refractivity contribution in [2.45, 2.75) is 111 Å². The molecular weight excluding hydrogens is 608 g/mol. The van der Waals surface area contributed by atoms with Gasteiger partial charge in [-0.1, -0.05) is 44.5 Å².